The van der Waals surface area contributed by atoms with Crippen molar-refractivity contribution >= 4 is 20.9 Å². The average Bonchev–Trinajstić information content (AvgIpc) is 3.12. The molecule has 0 spiro atoms. The number of halogens is 1. The lowest BCUT2D eigenvalue weighted by molar-refractivity contribution is 0.362. The van der Waals surface area contributed by atoms with E-state index in [4.69, 9.17) is 0 Å². The third-order valence-electron chi connectivity index (χ3n) is 5.95. The molecular formula is C23H26FN5O2S. The van der Waals surface area contributed by atoms with Crippen molar-refractivity contribution in [3.8, 4) is 17.6 Å². The lowest BCUT2D eigenvalue weighted by atomic mass is 9.95. The van der Waals surface area contributed by atoms with Gasteiger partial charge in [0.05, 0.1) is 23.5 Å². The van der Waals surface area contributed by atoms with Crippen LogP contribution < -0.4 is 4.72 Å². The van der Waals surface area contributed by atoms with E-state index < -0.39 is 22.7 Å². The second-order valence-electron chi connectivity index (χ2n) is 8.44. The summed E-state index contributed by atoms with van der Waals surface area (Å²) in [6.07, 6.45) is 7.88. The summed E-state index contributed by atoms with van der Waals surface area (Å²) in [6.45, 7) is 2.64. The van der Waals surface area contributed by atoms with Gasteiger partial charge in [0, 0.05) is 17.5 Å². The van der Waals surface area contributed by atoms with Gasteiger partial charge in [-0.05, 0) is 38.3 Å². The molecule has 2 heterocycles. The molecule has 32 heavy (non-hydrogen) atoms. The molecule has 168 valence electrons. The standard InChI is InChI=1S/C23H26FN5O2S/c1-15-8-9-19-20(12-25)22(29(21(19)10-15)17-6-4-3-5-7-17)23-26-13-18(14-27-23)32(30,31)28-16(2)11-24/h8-10,13-14,16-17,28H,3-7,11H2,1-2H3/t16-/m0/s1. The Kier molecular flexibility index (Phi) is 6.26. The zero-order chi connectivity index (χ0) is 22.9. The van der Waals surface area contributed by atoms with Crippen molar-refractivity contribution in [2.24, 2.45) is 0 Å². The molecule has 1 saturated carbocycles. The fourth-order valence-electron chi connectivity index (χ4n) is 4.41. The molecule has 0 saturated heterocycles. The Balaban J connectivity index is 1.86. The number of nitriles is 1. The number of rotatable bonds is 6. The summed E-state index contributed by atoms with van der Waals surface area (Å²) < 4.78 is 42.1. The highest BCUT2D eigenvalue weighted by Gasteiger charge is 2.27. The zero-order valence-electron chi connectivity index (χ0n) is 18.2. The Labute approximate surface area is 187 Å². The third-order valence-corrected chi connectivity index (χ3v) is 7.49. The lowest BCUT2D eigenvalue weighted by Gasteiger charge is -2.26. The van der Waals surface area contributed by atoms with Gasteiger partial charge in [-0.3, -0.25) is 0 Å². The average molecular weight is 456 g/mol. The van der Waals surface area contributed by atoms with Crippen LogP contribution in [-0.2, 0) is 10.0 Å². The van der Waals surface area contributed by atoms with E-state index in [1.54, 1.807) is 0 Å². The minimum absolute atomic E-state index is 0.142. The van der Waals surface area contributed by atoms with Crippen LogP contribution >= 0.6 is 0 Å². The summed E-state index contributed by atoms with van der Waals surface area (Å²) in [6, 6.07) is 7.71. The maximum atomic E-state index is 12.8. The van der Waals surface area contributed by atoms with E-state index in [2.05, 4.69) is 31.4 Å². The van der Waals surface area contributed by atoms with Crippen LogP contribution in [0.25, 0.3) is 22.4 Å². The first-order valence-corrected chi connectivity index (χ1v) is 12.3. The van der Waals surface area contributed by atoms with Crippen molar-refractivity contribution < 1.29 is 12.8 Å². The van der Waals surface area contributed by atoms with Gasteiger partial charge >= 0.3 is 0 Å². The molecule has 1 aliphatic carbocycles. The predicted octanol–water partition coefficient (Wildman–Crippen LogP) is 4.42. The molecule has 0 unspecified atom stereocenters. The number of aryl methyl sites for hydroxylation is 1. The topological polar surface area (TPSA) is 101 Å². The first-order valence-electron chi connectivity index (χ1n) is 10.8. The molecule has 1 N–H and O–H groups in total. The van der Waals surface area contributed by atoms with Crippen LogP contribution in [0.4, 0.5) is 4.39 Å². The van der Waals surface area contributed by atoms with Gasteiger partial charge in [-0.2, -0.15) is 5.26 Å². The molecule has 1 fully saturated rings. The maximum Gasteiger partial charge on any atom is 0.243 e. The SMILES string of the molecule is Cc1ccc2c(C#N)c(-c3ncc(S(=O)(=O)N[C@@H](C)CF)cn3)n(C3CCCCC3)c2c1. The smallest absolute Gasteiger partial charge is 0.243 e. The molecule has 1 aliphatic rings. The number of sulfonamides is 1. The van der Waals surface area contributed by atoms with Gasteiger partial charge in [0.25, 0.3) is 0 Å². The van der Waals surface area contributed by atoms with E-state index >= 15 is 0 Å². The van der Waals surface area contributed by atoms with Gasteiger partial charge in [-0.15, -0.1) is 0 Å². The van der Waals surface area contributed by atoms with Crippen LogP contribution in [0.3, 0.4) is 0 Å². The number of hydrogen-bond donors (Lipinski definition) is 1. The van der Waals surface area contributed by atoms with Crippen molar-refractivity contribution in [2.45, 2.75) is 62.9 Å². The summed E-state index contributed by atoms with van der Waals surface area (Å²) in [7, 11) is -3.93. The fraction of sp³-hybridized carbons (Fsp3) is 0.435. The van der Waals surface area contributed by atoms with E-state index in [1.807, 2.05) is 19.1 Å². The largest absolute Gasteiger partial charge is 0.334 e. The molecule has 1 aromatic carbocycles. The Morgan fingerprint density at radius 1 is 1.25 bits per heavy atom. The highest BCUT2D eigenvalue weighted by Crippen LogP contribution is 2.39. The highest BCUT2D eigenvalue weighted by molar-refractivity contribution is 7.89. The number of fused-ring (bicyclic) bond motifs is 1. The maximum absolute atomic E-state index is 12.8. The molecule has 9 heteroatoms. The molecule has 0 bridgehead atoms. The molecular weight excluding hydrogens is 429 g/mol. The number of alkyl halides is 1. The number of aromatic nitrogens is 3. The number of hydrogen-bond acceptors (Lipinski definition) is 5. The highest BCUT2D eigenvalue weighted by atomic mass is 32.2. The minimum Gasteiger partial charge on any atom is -0.334 e. The van der Waals surface area contributed by atoms with Crippen LogP contribution in [-0.4, -0.2) is 35.7 Å². The van der Waals surface area contributed by atoms with Crippen molar-refractivity contribution in [3.05, 3.63) is 41.7 Å². The zero-order valence-corrected chi connectivity index (χ0v) is 19.0. The molecule has 0 radical (unpaired) electrons. The molecule has 1 atom stereocenters. The van der Waals surface area contributed by atoms with Crippen LogP contribution in [0.5, 0.6) is 0 Å². The van der Waals surface area contributed by atoms with Crippen molar-refractivity contribution in [2.75, 3.05) is 6.67 Å². The Bertz CT molecular complexity index is 1270. The summed E-state index contributed by atoms with van der Waals surface area (Å²) in [4.78, 5) is 8.53. The van der Waals surface area contributed by atoms with Gasteiger partial charge in [-0.1, -0.05) is 31.4 Å². The molecule has 2 aromatic heterocycles. The molecule has 4 rings (SSSR count). The van der Waals surface area contributed by atoms with Crippen LogP contribution in [0.2, 0.25) is 0 Å². The summed E-state index contributed by atoms with van der Waals surface area (Å²) in [5.41, 5.74) is 3.18. The van der Waals surface area contributed by atoms with E-state index in [1.165, 1.54) is 25.7 Å². The number of benzene rings is 1. The van der Waals surface area contributed by atoms with E-state index in [0.717, 1.165) is 42.1 Å². The molecule has 0 amide bonds. The van der Waals surface area contributed by atoms with E-state index in [-0.39, 0.29) is 10.9 Å². The predicted molar refractivity (Wildman–Crippen MR) is 120 cm³/mol. The molecule has 7 nitrogen and oxygen atoms in total. The van der Waals surface area contributed by atoms with Crippen LogP contribution in [0, 0.1) is 18.3 Å². The summed E-state index contributed by atoms with van der Waals surface area (Å²) in [5.74, 6) is 0.304. The van der Waals surface area contributed by atoms with Crippen LogP contribution in [0.1, 0.15) is 56.2 Å². The third kappa shape index (κ3) is 4.12. The summed E-state index contributed by atoms with van der Waals surface area (Å²) >= 11 is 0. The van der Waals surface area contributed by atoms with Crippen molar-refractivity contribution in [1.29, 1.82) is 5.26 Å². The van der Waals surface area contributed by atoms with Crippen LogP contribution in [0.15, 0.2) is 35.5 Å². The second kappa shape index (κ2) is 8.96. The van der Waals surface area contributed by atoms with E-state index in [9.17, 15) is 18.1 Å². The van der Waals surface area contributed by atoms with Gasteiger partial charge in [0.15, 0.2) is 5.82 Å². The number of nitrogens with one attached hydrogen (secondary N) is 1. The Morgan fingerprint density at radius 3 is 2.56 bits per heavy atom. The molecule has 3 aromatic rings. The molecule has 0 aliphatic heterocycles. The van der Waals surface area contributed by atoms with Gasteiger partial charge in [0.1, 0.15) is 23.3 Å². The van der Waals surface area contributed by atoms with Gasteiger partial charge in [-0.25, -0.2) is 27.5 Å². The number of nitrogens with zero attached hydrogens (tertiary/aromatic N) is 4. The second-order valence-corrected chi connectivity index (χ2v) is 10.2. The quantitative estimate of drug-likeness (QED) is 0.593. The minimum atomic E-state index is -3.93. The monoisotopic (exact) mass is 455 g/mol. The summed E-state index contributed by atoms with van der Waals surface area (Å²) in [5, 5.41) is 10.9. The van der Waals surface area contributed by atoms with Gasteiger partial charge < -0.3 is 4.57 Å². The van der Waals surface area contributed by atoms with Crippen molar-refractivity contribution in [3.63, 3.8) is 0 Å². The Morgan fingerprint density at radius 2 is 1.94 bits per heavy atom. The Hall–Kier alpha value is -2.83. The fourth-order valence-corrected chi connectivity index (χ4v) is 5.53. The van der Waals surface area contributed by atoms with Gasteiger partial charge in [0.2, 0.25) is 10.0 Å². The van der Waals surface area contributed by atoms with E-state index in [0.29, 0.717) is 17.1 Å². The first-order chi connectivity index (χ1) is 15.4. The van der Waals surface area contributed by atoms with Crippen molar-refractivity contribution in [1.82, 2.24) is 19.3 Å². The normalized spacial score (nSPS) is 16.2. The lowest BCUT2D eigenvalue weighted by Crippen LogP contribution is -2.34. The first kappa shape index (κ1) is 22.4.